The topological polar surface area (TPSA) is 60.4 Å². The molecular weight excluding hydrogens is 356 g/mol. The maximum atomic E-state index is 13.5. The minimum atomic E-state index is -0.383. The van der Waals surface area contributed by atoms with Crippen LogP contribution in [-0.4, -0.2) is 56.0 Å². The van der Waals surface area contributed by atoms with Gasteiger partial charge in [0.2, 0.25) is 5.91 Å². The van der Waals surface area contributed by atoms with Gasteiger partial charge >= 0.3 is 0 Å². The number of likely N-dealkylation sites (tertiary alicyclic amines) is 1. The summed E-state index contributed by atoms with van der Waals surface area (Å²) in [6.45, 7) is 3.06. The van der Waals surface area contributed by atoms with Crippen LogP contribution in [0.2, 0.25) is 0 Å². The lowest BCUT2D eigenvalue weighted by Gasteiger charge is -2.41. The van der Waals surface area contributed by atoms with Crippen LogP contribution in [-0.2, 0) is 14.4 Å². The molecule has 6 nitrogen and oxygen atoms in total. The fourth-order valence-corrected chi connectivity index (χ4v) is 4.72. The molecule has 0 radical (unpaired) electrons. The standard InChI is InChI=1S/C22H30N2O4/c1-26-20-8-4-3-7-18(20)19-15-17(28-23-19)16-22(9-13-27-14-10-22)21(25)24-11-5-2-6-12-24/h3-4,7-8,17H,2,5-6,9-16H2,1H3/t17-/m1/s1. The van der Waals surface area contributed by atoms with Crippen LogP contribution in [0.5, 0.6) is 5.75 Å². The maximum Gasteiger partial charge on any atom is 0.229 e. The van der Waals surface area contributed by atoms with Crippen molar-refractivity contribution in [3.63, 3.8) is 0 Å². The van der Waals surface area contributed by atoms with Crippen molar-refractivity contribution in [3.05, 3.63) is 29.8 Å². The van der Waals surface area contributed by atoms with Crippen LogP contribution >= 0.6 is 0 Å². The van der Waals surface area contributed by atoms with Gasteiger partial charge in [-0.25, -0.2) is 0 Å². The Bertz CT molecular complexity index is 721. The fraction of sp³-hybridized carbons (Fsp3) is 0.636. The third kappa shape index (κ3) is 3.88. The van der Waals surface area contributed by atoms with E-state index >= 15 is 0 Å². The zero-order chi connectivity index (χ0) is 19.4. The van der Waals surface area contributed by atoms with E-state index in [1.165, 1.54) is 6.42 Å². The molecule has 3 aliphatic rings. The first kappa shape index (κ1) is 19.2. The summed E-state index contributed by atoms with van der Waals surface area (Å²) in [5, 5.41) is 4.34. The van der Waals surface area contributed by atoms with Crippen LogP contribution in [0.25, 0.3) is 0 Å². The van der Waals surface area contributed by atoms with Gasteiger partial charge in [-0.05, 0) is 44.2 Å². The molecule has 152 valence electrons. The SMILES string of the molecule is COc1ccccc1C1=NO[C@@H](CC2(C(=O)N3CCCCC3)CCOCC2)C1. The van der Waals surface area contributed by atoms with E-state index in [0.29, 0.717) is 32.0 Å². The summed E-state index contributed by atoms with van der Waals surface area (Å²) in [4.78, 5) is 21.4. The number of carbonyl (C=O) groups excluding carboxylic acids is 1. The lowest BCUT2D eigenvalue weighted by molar-refractivity contribution is -0.152. The third-order valence-electron chi connectivity index (χ3n) is 6.32. The first-order valence-electron chi connectivity index (χ1n) is 10.4. The number of carbonyl (C=O) groups is 1. The lowest BCUT2D eigenvalue weighted by Crippen LogP contribution is -2.50. The van der Waals surface area contributed by atoms with Crippen LogP contribution in [0.4, 0.5) is 0 Å². The van der Waals surface area contributed by atoms with Gasteiger partial charge in [-0.1, -0.05) is 17.3 Å². The Hall–Kier alpha value is -2.08. The van der Waals surface area contributed by atoms with Gasteiger partial charge < -0.3 is 19.2 Å². The normalized spacial score (nSPS) is 24.4. The largest absolute Gasteiger partial charge is 0.496 e. The fourth-order valence-electron chi connectivity index (χ4n) is 4.72. The summed E-state index contributed by atoms with van der Waals surface area (Å²) in [6, 6.07) is 7.87. The molecule has 3 heterocycles. The molecule has 1 aromatic carbocycles. The Labute approximate surface area is 166 Å². The van der Waals surface area contributed by atoms with E-state index < -0.39 is 0 Å². The highest BCUT2D eigenvalue weighted by molar-refractivity contribution is 6.03. The molecule has 0 spiro atoms. The van der Waals surface area contributed by atoms with E-state index in [9.17, 15) is 4.79 Å². The molecule has 0 bridgehead atoms. The number of nitrogens with zero attached hydrogens (tertiary/aromatic N) is 2. The maximum absolute atomic E-state index is 13.5. The number of amides is 1. The van der Waals surface area contributed by atoms with Gasteiger partial charge in [0.25, 0.3) is 0 Å². The zero-order valence-electron chi connectivity index (χ0n) is 16.7. The molecule has 1 aromatic rings. The summed E-state index contributed by atoms with van der Waals surface area (Å²) < 4.78 is 11.1. The van der Waals surface area contributed by atoms with E-state index in [-0.39, 0.29) is 11.5 Å². The number of hydrogen-bond acceptors (Lipinski definition) is 5. The highest BCUT2D eigenvalue weighted by atomic mass is 16.6. The van der Waals surface area contributed by atoms with Gasteiger partial charge in [-0.3, -0.25) is 4.79 Å². The summed E-state index contributed by atoms with van der Waals surface area (Å²) >= 11 is 0. The molecular formula is C22H30N2O4. The van der Waals surface area contributed by atoms with E-state index in [2.05, 4.69) is 10.1 Å². The van der Waals surface area contributed by atoms with Gasteiger partial charge in [0.05, 0.1) is 18.2 Å². The van der Waals surface area contributed by atoms with Crippen molar-refractivity contribution in [1.29, 1.82) is 0 Å². The molecule has 0 N–H and O–H groups in total. The van der Waals surface area contributed by atoms with Crippen molar-refractivity contribution in [2.45, 2.75) is 51.0 Å². The Morgan fingerprint density at radius 2 is 1.96 bits per heavy atom. The smallest absolute Gasteiger partial charge is 0.229 e. The van der Waals surface area contributed by atoms with E-state index in [0.717, 1.165) is 55.8 Å². The number of oxime groups is 1. The number of methoxy groups -OCH3 is 1. The summed E-state index contributed by atoms with van der Waals surface area (Å²) in [7, 11) is 1.67. The Morgan fingerprint density at radius 1 is 1.21 bits per heavy atom. The number of rotatable bonds is 5. The van der Waals surface area contributed by atoms with E-state index in [1.54, 1.807) is 7.11 Å². The Morgan fingerprint density at radius 3 is 2.71 bits per heavy atom. The zero-order valence-corrected chi connectivity index (χ0v) is 16.7. The first-order valence-corrected chi connectivity index (χ1v) is 10.4. The molecule has 0 unspecified atom stereocenters. The van der Waals surface area contributed by atoms with Gasteiger partial charge in [0, 0.05) is 44.7 Å². The van der Waals surface area contributed by atoms with Crippen molar-refractivity contribution in [2.24, 2.45) is 10.6 Å². The van der Waals surface area contributed by atoms with Crippen LogP contribution in [0, 0.1) is 5.41 Å². The second-order valence-corrected chi connectivity index (χ2v) is 8.12. The minimum Gasteiger partial charge on any atom is -0.496 e. The van der Waals surface area contributed by atoms with Crippen molar-refractivity contribution in [2.75, 3.05) is 33.4 Å². The molecule has 6 heteroatoms. The predicted octanol–water partition coefficient (Wildman–Crippen LogP) is 3.39. The summed E-state index contributed by atoms with van der Waals surface area (Å²) in [5.41, 5.74) is 1.48. The molecule has 4 rings (SSSR count). The lowest BCUT2D eigenvalue weighted by atomic mass is 9.73. The van der Waals surface area contributed by atoms with Crippen molar-refractivity contribution >= 4 is 11.6 Å². The predicted molar refractivity (Wildman–Crippen MR) is 107 cm³/mol. The number of hydrogen-bond donors (Lipinski definition) is 0. The molecule has 3 aliphatic heterocycles. The van der Waals surface area contributed by atoms with Gasteiger partial charge in [-0.15, -0.1) is 0 Å². The monoisotopic (exact) mass is 386 g/mol. The second kappa shape index (κ2) is 8.52. The van der Waals surface area contributed by atoms with Crippen LogP contribution in [0.15, 0.2) is 29.4 Å². The Balaban J connectivity index is 1.47. The quantitative estimate of drug-likeness (QED) is 0.778. The highest BCUT2D eigenvalue weighted by Gasteiger charge is 2.45. The molecule has 2 saturated heterocycles. The van der Waals surface area contributed by atoms with Crippen molar-refractivity contribution in [1.82, 2.24) is 4.90 Å². The molecule has 0 aromatic heterocycles. The van der Waals surface area contributed by atoms with Crippen LogP contribution < -0.4 is 4.74 Å². The van der Waals surface area contributed by atoms with Crippen molar-refractivity contribution < 1.29 is 19.1 Å². The molecule has 0 aliphatic carbocycles. The molecule has 1 atom stereocenters. The molecule has 2 fully saturated rings. The van der Waals surface area contributed by atoms with E-state index in [1.807, 2.05) is 24.3 Å². The molecule has 28 heavy (non-hydrogen) atoms. The minimum absolute atomic E-state index is 0.0771. The second-order valence-electron chi connectivity index (χ2n) is 8.12. The average molecular weight is 386 g/mol. The highest BCUT2D eigenvalue weighted by Crippen LogP contribution is 2.41. The number of ether oxygens (including phenoxy) is 2. The van der Waals surface area contributed by atoms with E-state index in [4.69, 9.17) is 14.3 Å². The van der Waals surface area contributed by atoms with Gasteiger partial charge in [-0.2, -0.15) is 0 Å². The van der Waals surface area contributed by atoms with Crippen LogP contribution in [0.3, 0.4) is 0 Å². The average Bonchev–Trinajstić information content (AvgIpc) is 3.22. The third-order valence-corrected chi connectivity index (χ3v) is 6.32. The number of para-hydroxylation sites is 1. The van der Waals surface area contributed by atoms with Crippen LogP contribution in [0.1, 0.15) is 50.5 Å². The number of piperidine rings is 1. The summed E-state index contributed by atoms with van der Waals surface area (Å²) in [5.74, 6) is 1.10. The molecule has 0 saturated carbocycles. The van der Waals surface area contributed by atoms with Gasteiger partial charge in [0.1, 0.15) is 11.9 Å². The number of benzene rings is 1. The first-order chi connectivity index (χ1) is 13.7. The summed E-state index contributed by atoms with van der Waals surface area (Å²) in [6.07, 6.45) is 6.31. The van der Waals surface area contributed by atoms with Gasteiger partial charge in [0.15, 0.2) is 0 Å². The molecule has 1 amide bonds. The van der Waals surface area contributed by atoms with Crippen molar-refractivity contribution in [3.8, 4) is 5.75 Å². The Kier molecular flexibility index (Phi) is 5.85.